The van der Waals surface area contributed by atoms with Gasteiger partial charge in [0.25, 0.3) is 0 Å². The van der Waals surface area contributed by atoms with Gasteiger partial charge in [-0.3, -0.25) is 0 Å². The lowest BCUT2D eigenvalue weighted by molar-refractivity contribution is -0.102. The Hall–Kier alpha value is -0.610. The van der Waals surface area contributed by atoms with Gasteiger partial charge >= 0.3 is 0 Å². The molecule has 2 N–H and O–H groups in total. The minimum Gasteiger partial charge on any atom is -0.375 e. The van der Waals surface area contributed by atoms with E-state index in [4.69, 9.17) is 15.3 Å². The Balaban J connectivity index is 2.10. The van der Waals surface area contributed by atoms with Crippen molar-refractivity contribution in [1.29, 1.82) is 0 Å². The van der Waals surface area contributed by atoms with Gasteiger partial charge in [-0.25, -0.2) is 0 Å². The highest BCUT2D eigenvalue weighted by molar-refractivity contribution is 6.00. The van der Waals surface area contributed by atoms with Gasteiger partial charge in [0.05, 0.1) is 11.8 Å². The maximum absolute atomic E-state index is 5.71. The molecule has 1 saturated heterocycles. The molecule has 4 nitrogen and oxygen atoms in total. The van der Waals surface area contributed by atoms with Crippen molar-refractivity contribution in [2.75, 3.05) is 13.2 Å². The predicted octanol–water partition coefficient (Wildman–Crippen LogP) is 0.659. The monoisotopic (exact) mass is 184 g/mol. The van der Waals surface area contributed by atoms with Gasteiger partial charge in [0.1, 0.15) is 5.60 Å². The molecule has 4 heteroatoms. The Morgan fingerprint density at radius 3 is 3.15 bits per heavy atom. The van der Waals surface area contributed by atoms with E-state index in [-0.39, 0.29) is 11.7 Å². The van der Waals surface area contributed by atoms with Crippen LogP contribution in [-0.4, -0.2) is 30.6 Å². The second-order valence-electron chi connectivity index (χ2n) is 3.57. The van der Waals surface area contributed by atoms with E-state index in [0.29, 0.717) is 0 Å². The normalized spacial score (nSPS) is 41.3. The number of nitrogens with zero attached hydrogens (tertiary/aromatic N) is 1. The van der Waals surface area contributed by atoms with E-state index in [1.807, 2.05) is 6.92 Å². The van der Waals surface area contributed by atoms with Crippen LogP contribution in [0.3, 0.4) is 0 Å². The number of hydrazone groups is 1. The zero-order valence-corrected chi connectivity index (χ0v) is 7.95. The number of hydrogen-bond donors (Lipinski definition) is 1. The van der Waals surface area contributed by atoms with E-state index in [9.17, 15) is 0 Å². The zero-order valence-electron chi connectivity index (χ0n) is 7.95. The summed E-state index contributed by atoms with van der Waals surface area (Å²) in [6.07, 6.45) is 3.11. The first kappa shape index (κ1) is 8.97. The summed E-state index contributed by atoms with van der Waals surface area (Å²) in [5, 5.41) is 3.77. The van der Waals surface area contributed by atoms with Crippen molar-refractivity contribution in [3.8, 4) is 0 Å². The average molecular weight is 184 g/mol. The molecule has 0 aromatic heterocycles. The van der Waals surface area contributed by atoms with Crippen LogP contribution in [-0.2, 0) is 9.47 Å². The molecule has 2 unspecified atom stereocenters. The van der Waals surface area contributed by atoms with Crippen LogP contribution in [0.4, 0.5) is 0 Å². The molecule has 0 bridgehead atoms. The topological polar surface area (TPSA) is 56.8 Å². The summed E-state index contributed by atoms with van der Waals surface area (Å²) in [6.45, 7) is 3.54. The number of rotatable bonds is 2. The Kier molecular flexibility index (Phi) is 2.26. The van der Waals surface area contributed by atoms with Gasteiger partial charge in [0, 0.05) is 19.6 Å². The van der Waals surface area contributed by atoms with E-state index in [2.05, 4.69) is 5.10 Å². The van der Waals surface area contributed by atoms with Gasteiger partial charge in [0.2, 0.25) is 0 Å². The highest BCUT2D eigenvalue weighted by atomic mass is 16.6. The molecule has 1 aliphatic carbocycles. The van der Waals surface area contributed by atoms with Crippen LogP contribution in [0, 0.1) is 0 Å². The van der Waals surface area contributed by atoms with Crippen molar-refractivity contribution in [1.82, 2.24) is 0 Å². The van der Waals surface area contributed by atoms with E-state index >= 15 is 0 Å². The lowest BCUT2D eigenvalue weighted by atomic mass is 9.73. The molecule has 1 heterocycles. The minimum absolute atomic E-state index is 0.183. The Morgan fingerprint density at radius 1 is 1.77 bits per heavy atom. The van der Waals surface area contributed by atoms with Gasteiger partial charge in [0.15, 0.2) is 0 Å². The molecular formula is C9H16N2O2. The lowest BCUT2D eigenvalue weighted by Gasteiger charge is -2.46. The van der Waals surface area contributed by atoms with E-state index < -0.39 is 0 Å². The van der Waals surface area contributed by atoms with Crippen LogP contribution >= 0.6 is 0 Å². The fourth-order valence-corrected chi connectivity index (χ4v) is 2.27. The van der Waals surface area contributed by atoms with Gasteiger partial charge in [-0.2, -0.15) is 5.10 Å². The average Bonchev–Trinajstić information content (AvgIpc) is 2.62. The third-order valence-electron chi connectivity index (χ3n) is 2.96. The minimum atomic E-state index is -0.245. The summed E-state index contributed by atoms with van der Waals surface area (Å²) in [5.74, 6) is 5.30. The summed E-state index contributed by atoms with van der Waals surface area (Å²) < 4.78 is 11.3. The summed E-state index contributed by atoms with van der Waals surface area (Å²) in [4.78, 5) is 0. The van der Waals surface area contributed by atoms with Crippen LogP contribution in [0.5, 0.6) is 0 Å². The van der Waals surface area contributed by atoms with Crippen molar-refractivity contribution in [3.63, 3.8) is 0 Å². The fraction of sp³-hybridized carbons (Fsp3) is 0.889. The molecule has 13 heavy (non-hydrogen) atoms. The first-order chi connectivity index (χ1) is 6.33. The molecule has 2 atom stereocenters. The molecule has 2 fully saturated rings. The molecule has 1 spiro atoms. The molecule has 0 radical (unpaired) electrons. The second-order valence-corrected chi connectivity index (χ2v) is 3.57. The molecule has 1 saturated carbocycles. The smallest absolute Gasteiger partial charge is 0.134 e. The highest BCUT2D eigenvalue weighted by Gasteiger charge is 2.56. The fourth-order valence-electron chi connectivity index (χ4n) is 2.27. The van der Waals surface area contributed by atoms with E-state index in [1.165, 1.54) is 0 Å². The van der Waals surface area contributed by atoms with Gasteiger partial charge in [-0.15, -0.1) is 0 Å². The number of hydrogen-bond acceptors (Lipinski definition) is 4. The van der Waals surface area contributed by atoms with Gasteiger partial charge in [-0.1, -0.05) is 0 Å². The largest absolute Gasteiger partial charge is 0.375 e. The number of nitrogens with two attached hydrogens (primary N) is 1. The van der Waals surface area contributed by atoms with Crippen LogP contribution in [0.25, 0.3) is 0 Å². The van der Waals surface area contributed by atoms with Crippen molar-refractivity contribution in [2.24, 2.45) is 10.9 Å². The maximum atomic E-state index is 5.71. The molecule has 1 aliphatic heterocycles. The van der Waals surface area contributed by atoms with E-state index in [1.54, 1.807) is 0 Å². The summed E-state index contributed by atoms with van der Waals surface area (Å²) in [7, 11) is 0. The predicted molar refractivity (Wildman–Crippen MR) is 49.6 cm³/mol. The van der Waals surface area contributed by atoms with Crippen LogP contribution < -0.4 is 5.84 Å². The first-order valence-corrected chi connectivity index (χ1v) is 4.86. The zero-order chi connectivity index (χ0) is 9.31. The Labute approximate surface area is 78.1 Å². The van der Waals surface area contributed by atoms with Crippen molar-refractivity contribution in [2.45, 2.75) is 37.9 Å². The van der Waals surface area contributed by atoms with Crippen molar-refractivity contribution in [3.05, 3.63) is 0 Å². The quantitative estimate of drug-likeness (QED) is 0.506. The van der Waals surface area contributed by atoms with Crippen LogP contribution in [0.1, 0.15) is 26.2 Å². The molecule has 2 rings (SSSR count). The Bertz CT molecular complexity index is 222. The molecule has 0 aromatic carbocycles. The third-order valence-corrected chi connectivity index (χ3v) is 2.96. The molecule has 2 aliphatic rings. The van der Waals surface area contributed by atoms with E-state index in [0.717, 1.165) is 38.2 Å². The molecular weight excluding hydrogens is 168 g/mol. The van der Waals surface area contributed by atoms with Crippen LogP contribution in [0.2, 0.25) is 0 Å². The standard InChI is InChI=1S/C9H16N2O2/c1-2-12-8-6-7(11-10)9(8)4-3-5-13-9/h8H,2-6,10H2,1H3/b11-7+. The van der Waals surface area contributed by atoms with Crippen LogP contribution in [0.15, 0.2) is 5.10 Å². The number of ether oxygens (including phenoxy) is 2. The molecule has 0 aromatic rings. The second kappa shape index (κ2) is 3.27. The summed E-state index contributed by atoms with van der Waals surface area (Å²) >= 11 is 0. The SMILES string of the molecule is CCOC1C/C(=N\N)C12CCCO2. The summed E-state index contributed by atoms with van der Waals surface area (Å²) in [6, 6.07) is 0. The van der Waals surface area contributed by atoms with Crippen molar-refractivity contribution >= 4 is 5.71 Å². The van der Waals surface area contributed by atoms with Gasteiger partial charge in [-0.05, 0) is 19.8 Å². The summed E-state index contributed by atoms with van der Waals surface area (Å²) in [5.41, 5.74) is 0.730. The first-order valence-electron chi connectivity index (χ1n) is 4.86. The van der Waals surface area contributed by atoms with Crippen molar-refractivity contribution < 1.29 is 9.47 Å². The van der Waals surface area contributed by atoms with Gasteiger partial charge < -0.3 is 15.3 Å². The Morgan fingerprint density at radius 2 is 2.62 bits per heavy atom. The third kappa shape index (κ3) is 1.16. The highest BCUT2D eigenvalue weighted by Crippen LogP contribution is 2.43. The maximum Gasteiger partial charge on any atom is 0.134 e. The molecule has 0 amide bonds. The lowest BCUT2D eigenvalue weighted by Crippen LogP contribution is -2.61. The molecule has 74 valence electrons.